The average Bonchev–Trinajstić information content (AvgIpc) is 2.46. The number of nitrogens with zero attached hydrogens (tertiary/aromatic N) is 3. The molecule has 1 aromatic heterocycles. The number of halogens is 1. The molecule has 0 aliphatic carbocycles. The SMILES string of the molecule is Cc1cc(C)nc(NCCN2CCc3c(Cl)cccc3C2)n1. The Morgan fingerprint density at radius 3 is 2.77 bits per heavy atom. The van der Waals surface area contributed by atoms with Gasteiger partial charge < -0.3 is 5.32 Å². The van der Waals surface area contributed by atoms with Gasteiger partial charge in [0.1, 0.15) is 0 Å². The summed E-state index contributed by atoms with van der Waals surface area (Å²) in [5.74, 6) is 0.720. The second-order valence-electron chi connectivity index (χ2n) is 5.80. The van der Waals surface area contributed by atoms with Crippen LogP contribution in [0.5, 0.6) is 0 Å². The van der Waals surface area contributed by atoms with Gasteiger partial charge in [-0.2, -0.15) is 0 Å². The smallest absolute Gasteiger partial charge is 0.223 e. The number of hydrogen-bond acceptors (Lipinski definition) is 4. The summed E-state index contributed by atoms with van der Waals surface area (Å²) in [6.07, 6.45) is 1.02. The van der Waals surface area contributed by atoms with Crippen LogP contribution in [0, 0.1) is 13.8 Å². The van der Waals surface area contributed by atoms with Crippen molar-refractivity contribution in [3.63, 3.8) is 0 Å². The number of benzene rings is 1. The quantitative estimate of drug-likeness (QED) is 0.940. The number of rotatable bonds is 4. The van der Waals surface area contributed by atoms with Gasteiger partial charge in [-0.25, -0.2) is 9.97 Å². The van der Waals surface area contributed by atoms with Crippen molar-refractivity contribution >= 4 is 17.5 Å². The van der Waals surface area contributed by atoms with Crippen molar-refractivity contribution in [1.29, 1.82) is 0 Å². The van der Waals surface area contributed by atoms with E-state index >= 15 is 0 Å². The van der Waals surface area contributed by atoms with Gasteiger partial charge in [-0.15, -0.1) is 0 Å². The highest BCUT2D eigenvalue weighted by Crippen LogP contribution is 2.25. The number of anilines is 1. The highest BCUT2D eigenvalue weighted by Gasteiger charge is 2.17. The summed E-state index contributed by atoms with van der Waals surface area (Å²) in [5.41, 5.74) is 4.65. The molecule has 5 heteroatoms. The van der Waals surface area contributed by atoms with Gasteiger partial charge in [-0.1, -0.05) is 23.7 Å². The van der Waals surface area contributed by atoms with E-state index in [0.29, 0.717) is 0 Å². The minimum Gasteiger partial charge on any atom is -0.353 e. The van der Waals surface area contributed by atoms with E-state index in [1.807, 2.05) is 32.0 Å². The second kappa shape index (κ2) is 6.63. The maximum absolute atomic E-state index is 6.26. The van der Waals surface area contributed by atoms with Gasteiger partial charge in [0, 0.05) is 42.6 Å². The van der Waals surface area contributed by atoms with Crippen LogP contribution in [-0.4, -0.2) is 34.5 Å². The highest BCUT2D eigenvalue weighted by molar-refractivity contribution is 6.31. The van der Waals surface area contributed by atoms with Crippen molar-refractivity contribution in [3.05, 3.63) is 51.8 Å². The van der Waals surface area contributed by atoms with Gasteiger partial charge in [0.25, 0.3) is 0 Å². The lowest BCUT2D eigenvalue weighted by molar-refractivity contribution is 0.264. The fraction of sp³-hybridized carbons (Fsp3) is 0.412. The first-order valence-corrected chi connectivity index (χ1v) is 8.04. The van der Waals surface area contributed by atoms with Gasteiger partial charge >= 0.3 is 0 Å². The van der Waals surface area contributed by atoms with Gasteiger partial charge in [0.05, 0.1) is 0 Å². The summed E-state index contributed by atoms with van der Waals surface area (Å²) in [6, 6.07) is 8.17. The van der Waals surface area contributed by atoms with Crippen LogP contribution in [0.2, 0.25) is 5.02 Å². The van der Waals surface area contributed by atoms with Gasteiger partial charge in [0.2, 0.25) is 5.95 Å². The molecule has 1 aliphatic rings. The van der Waals surface area contributed by atoms with Crippen molar-refractivity contribution in [2.45, 2.75) is 26.8 Å². The first-order chi connectivity index (χ1) is 10.6. The molecule has 0 atom stereocenters. The van der Waals surface area contributed by atoms with E-state index in [9.17, 15) is 0 Å². The minimum atomic E-state index is 0.720. The van der Waals surface area contributed by atoms with Crippen LogP contribution in [-0.2, 0) is 13.0 Å². The molecule has 0 bridgehead atoms. The molecule has 2 heterocycles. The number of fused-ring (bicyclic) bond motifs is 1. The Balaban J connectivity index is 1.55. The van der Waals surface area contributed by atoms with Crippen LogP contribution < -0.4 is 5.32 Å². The number of nitrogens with one attached hydrogen (secondary N) is 1. The van der Waals surface area contributed by atoms with E-state index in [2.05, 4.69) is 26.3 Å². The zero-order valence-electron chi connectivity index (χ0n) is 13.1. The lowest BCUT2D eigenvalue weighted by Crippen LogP contribution is -2.34. The first-order valence-electron chi connectivity index (χ1n) is 7.66. The Bertz CT molecular complexity index is 651. The lowest BCUT2D eigenvalue weighted by Gasteiger charge is -2.29. The highest BCUT2D eigenvalue weighted by atomic mass is 35.5. The summed E-state index contributed by atoms with van der Waals surface area (Å²) in [5, 5.41) is 4.22. The maximum atomic E-state index is 6.26. The summed E-state index contributed by atoms with van der Waals surface area (Å²) in [6.45, 7) is 7.81. The molecule has 3 rings (SSSR count). The van der Waals surface area contributed by atoms with E-state index in [0.717, 1.165) is 55.0 Å². The van der Waals surface area contributed by atoms with Gasteiger partial charge in [-0.3, -0.25) is 4.90 Å². The molecule has 2 aromatic rings. The van der Waals surface area contributed by atoms with Crippen LogP contribution in [0.3, 0.4) is 0 Å². The summed E-state index contributed by atoms with van der Waals surface area (Å²) in [7, 11) is 0. The van der Waals surface area contributed by atoms with Gasteiger partial charge in [0.15, 0.2) is 0 Å². The summed E-state index contributed by atoms with van der Waals surface area (Å²) < 4.78 is 0. The van der Waals surface area contributed by atoms with E-state index < -0.39 is 0 Å². The monoisotopic (exact) mass is 316 g/mol. The molecule has 1 aliphatic heterocycles. The Hall–Kier alpha value is -1.65. The Morgan fingerprint density at radius 2 is 2.00 bits per heavy atom. The molecule has 116 valence electrons. The van der Waals surface area contributed by atoms with Crippen molar-refractivity contribution in [3.8, 4) is 0 Å². The lowest BCUT2D eigenvalue weighted by atomic mass is 10.00. The Labute approximate surface area is 136 Å². The number of aromatic nitrogens is 2. The molecule has 0 saturated heterocycles. The molecular weight excluding hydrogens is 296 g/mol. The summed E-state index contributed by atoms with van der Waals surface area (Å²) in [4.78, 5) is 11.3. The minimum absolute atomic E-state index is 0.720. The van der Waals surface area contributed by atoms with E-state index in [4.69, 9.17) is 11.6 Å². The van der Waals surface area contributed by atoms with Crippen LogP contribution in [0.4, 0.5) is 5.95 Å². The molecule has 0 amide bonds. The largest absolute Gasteiger partial charge is 0.353 e. The number of hydrogen-bond donors (Lipinski definition) is 1. The Kier molecular flexibility index (Phi) is 4.60. The first kappa shape index (κ1) is 15.3. The number of aryl methyl sites for hydroxylation is 2. The van der Waals surface area contributed by atoms with E-state index in [1.54, 1.807) is 0 Å². The molecule has 1 aromatic carbocycles. The van der Waals surface area contributed by atoms with E-state index in [1.165, 1.54) is 11.1 Å². The van der Waals surface area contributed by atoms with Crippen molar-refractivity contribution < 1.29 is 0 Å². The van der Waals surface area contributed by atoms with Crippen molar-refractivity contribution in [2.24, 2.45) is 0 Å². The molecular formula is C17H21ClN4. The third-order valence-electron chi connectivity index (χ3n) is 3.98. The molecule has 4 nitrogen and oxygen atoms in total. The Morgan fingerprint density at radius 1 is 1.23 bits per heavy atom. The van der Waals surface area contributed by atoms with Crippen LogP contribution in [0.15, 0.2) is 24.3 Å². The zero-order chi connectivity index (χ0) is 15.5. The van der Waals surface area contributed by atoms with Crippen LogP contribution >= 0.6 is 11.6 Å². The molecule has 1 N–H and O–H groups in total. The third kappa shape index (κ3) is 3.57. The van der Waals surface area contributed by atoms with E-state index in [-0.39, 0.29) is 0 Å². The fourth-order valence-electron chi connectivity index (χ4n) is 2.94. The van der Waals surface area contributed by atoms with Crippen molar-refractivity contribution in [2.75, 3.05) is 25.0 Å². The molecule has 0 fully saturated rings. The van der Waals surface area contributed by atoms with Crippen molar-refractivity contribution in [1.82, 2.24) is 14.9 Å². The maximum Gasteiger partial charge on any atom is 0.223 e. The predicted octanol–water partition coefficient (Wildman–Crippen LogP) is 3.22. The molecule has 0 saturated carbocycles. The topological polar surface area (TPSA) is 41.1 Å². The molecule has 0 unspecified atom stereocenters. The summed E-state index contributed by atoms with van der Waals surface area (Å²) >= 11 is 6.26. The molecule has 0 spiro atoms. The third-order valence-corrected chi connectivity index (χ3v) is 4.34. The standard InChI is InChI=1S/C17H21ClN4/c1-12-10-13(2)21-17(20-12)19-7-9-22-8-6-15-14(11-22)4-3-5-16(15)18/h3-5,10H,6-9,11H2,1-2H3,(H,19,20,21). The zero-order valence-corrected chi connectivity index (χ0v) is 13.8. The second-order valence-corrected chi connectivity index (χ2v) is 6.21. The van der Waals surface area contributed by atoms with Crippen LogP contribution in [0.1, 0.15) is 22.5 Å². The van der Waals surface area contributed by atoms with Gasteiger partial charge in [-0.05, 0) is 43.5 Å². The predicted molar refractivity (Wildman–Crippen MR) is 90.4 cm³/mol. The normalized spacial score (nSPS) is 14.7. The fourth-order valence-corrected chi connectivity index (χ4v) is 3.23. The molecule has 0 radical (unpaired) electrons. The molecule has 22 heavy (non-hydrogen) atoms. The van der Waals surface area contributed by atoms with Crippen LogP contribution in [0.25, 0.3) is 0 Å². The average molecular weight is 317 g/mol.